The maximum atomic E-state index is 12.5. The van der Waals surface area contributed by atoms with E-state index in [4.69, 9.17) is 4.74 Å². The molecule has 0 saturated carbocycles. The van der Waals surface area contributed by atoms with Gasteiger partial charge in [0.15, 0.2) is 0 Å². The van der Waals surface area contributed by atoms with Crippen molar-refractivity contribution in [3.63, 3.8) is 0 Å². The van der Waals surface area contributed by atoms with Crippen molar-refractivity contribution in [2.45, 2.75) is 12.8 Å². The van der Waals surface area contributed by atoms with Gasteiger partial charge < -0.3 is 25.5 Å². The molecule has 0 unspecified atom stereocenters. The van der Waals surface area contributed by atoms with E-state index in [1.807, 2.05) is 42.5 Å². The number of aromatic nitrogens is 1. The number of hydrogen-bond donors (Lipinski definition) is 4. The summed E-state index contributed by atoms with van der Waals surface area (Å²) >= 11 is 0. The molecule has 3 aromatic carbocycles. The molecule has 7 nitrogen and oxygen atoms in total. The van der Waals surface area contributed by atoms with Gasteiger partial charge in [-0.2, -0.15) is 0 Å². The van der Waals surface area contributed by atoms with Crippen LogP contribution in [0.25, 0.3) is 22.2 Å². The molecule has 0 aliphatic heterocycles. The molecule has 0 fully saturated rings. The molecule has 4 N–H and O–H groups in total. The summed E-state index contributed by atoms with van der Waals surface area (Å²) in [4.78, 5) is 28.1. The number of hydrogen-bond acceptors (Lipinski definition) is 4. The van der Waals surface area contributed by atoms with E-state index >= 15 is 0 Å². The number of aryl methyl sites for hydroxylation is 1. The van der Waals surface area contributed by atoms with Crippen LogP contribution in [0.3, 0.4) is 0 Å². The number of phenolic OH excluding ortho intramolecular Hbond substituents is 1. The molecule has 2 amide bonds. The highest BCUT2D eigenvalue weighted by molar-refractivity contribution is 5.94. The van der Waals surface area contributed by atoms with Crippen LogP contribution in [0.5, 0.6) is 11.5 Å². The highest BCUT2D eigenvalue weighted by Gasteiger charge is 2.14. The summed E-state index contributed by atoms with van der Waals surface area (Å²) in [5.41, 5.74) is 4.61. The number of aromatic amines is 1. The zero-order valence-electron chi connectivity index (χ0n) is 18.9. The lowest BCUT2D eigenvalue weighted by atomic mass is 10.0. The Hall–Kier alpha value is -4.26. The van der Waals surface area contributed by atoms with Crippen LogP contribution in [0.4, 0.5) is 0 Å². The number of amides is 2. The van der Waals surface area contributed by atoms with E-state index in [0.717, 1.165) is 33.5 Å². The highest BCUT2D eigenvalue weighted by Crippen LogP contribution is 2.32. The van der Waals surface area contributed by atoms with Crippen molar-refractivity contribution >= 4 is 22.7 Å². The average Bonchev–Trinajstić information content (AvgIpc) is 3.24. The summed E-state index contributed by atoms with van der Waals surface area (Å²) in [7, 11) is 1.64. The van der Waals surface area contributed by atoms with Gasteiger partial charge in [0.1, 0.15) is 11.5 Å². The van der Waals surface area contributed by atoms with Gasteiger partial charge in [0.25, 0.3) is 5.91 Å². The number of aromatic hydroxyl groups is 1. The van der Waals surface area contributed by atoms with Gasteiger partial charge in [0.05, 0.1) is 7.11 Å². The number of ether oxygens (including phenoxy) is 1. The first kappa shape index (κ1) is 22.9. The van der Waals surface area contributed by atoms with Crippen molar-refractivity contribution in [1.82, 2.24) is 15.6 Å². The van der Waals surface area contributed by atoms with Gasteiger partial charge in [0, 0.05) is 41.7 Å². The van der Waals surface area contributed by atoms with Crippen molar-refractivity contribution in [3.05, 3.63) is 83.9 Å². The van der Waals surface area contributed by atoms with Crippen LogP contribution in [0.2, 0.25) is 0 Å². The molecule has 4 aromatic rings. The predicted molar refractivity (Wildman–Crippen MR) is 132 cm³/mol. The van der Waals surface area contributed by atoms with Gasteiger partial charge in [-0.15, -0.1) is 0 Å². The van der Waals surface area contributed by atoms with Crippen molar-refractivity contribution < 1.29 is 19.4 Å². The Morgan fingerprint density at radius 1 is 0.912 bits per heavy atom. The lowest BCUT2D eigenvalue weighted by molar-refractivity contribution is -0.121. The van der Waals surface area contributed by atoms with E-state index in [0.29, 0.717) is 31.5 Å². The van der Waals surface area contributed by atoms with Crippen LogP contribution in [0.1, 0.15) is 22.3 Å². The van der Waals surface area contributed by atoms with Crippen LogP contribution in [0, 0.1) is 0 Å². The smallest absolute Gasteiger partial charge is 0.251 e. The molecule has 7 heteroatoms. The monoisotopic (exact) mass is 457 g/mol. The summed E-state index contributed by atoms with van der Waals surface area (Å²) in [5.74, 6) is 0.564. The Bertz CT molecular complexity index is 1280. The fourth-order valence-electron chi connectivity index (χ4n) is 3.88. The molecule has 4 rings (SSSR count). The minimum absolute atomic E-state index is 0.0788. The fraction of sp³-hybridized carbons (Fsp3) is 0.185. The molecule has 0 aliphatic carbocycles. The normalized spacial score (nSPS) is 10.7. The first-order valence-electron chi connectivity index (χ1n) is 11.1. The maximum absolute atomic E-state index is 12.5. The first-order chi connectivity index (χ1) is 16.5. The maximum Gasteiger partial charge on any atom is 0.251 e. The minimum atomic E-state index is -0.253. The van der Waals surface area contributed by atoms with Crippen LogP contribution in [-0.2, 0) is 11.2 Å². The van der Waals surface area contributed by atoms with Crippen LogP contribution in [-0.4, -0.2) is 42.1 Å². The second kappa shape index (κ2) is 10.6. The number of H-pyrrole nitrogens is 1. The summed E-state index contributed by atoms with van der Waals surface area (Å²) in [6.07, 6.45) is 0.911. The molecule has 1 heterocycles. The number of para-hydroxylation sites is 1. The SMILES string of the molecule is COc1ccc(-c2[nH]c3ccccc3c2CCC(=O)NCCNC(=O)c2ccc(O)cc2)cc1. The van der Waals surface area contributed by atoms with Gasteiger partial charge in [-0.3, -0.25) is 9.59 Å². The van der Waals surface area contributed by atoms with E-state index in [-0.39, 0.29) is 17.6 Å². The summed E-state index contributed by atoms with van der Waals surface area (Å²) in [6.45, 7) is 0.650. The predicted octanol–water partition coefficient (Wildman–Crippen LogP) is 4.03. The van der Waals surface area contributed by atoms with Crippen LogP contribution in [0.15, 0.2) is 72.8 Å². The van der Waals surface area contributed by atoms with Crippen LogP contribution < -0.4 is 15.4 Å². The Morgan fingerprint density at radius 3 is 2.35 bits per heavy atom. The first-order valence-corrected chi connectivity index (χ1v) is 11.1. The van der Waals surface area contributed by atoms with Gasteiger partial charge in [-0.25, -0.2) is 0 Å². The largest absolute Gasteiger partial charge is 0.508 e. The van der Waals surface area contributed by atoms with E-state index in [1.165, 1.54) is 12.1 Å². The lowest BCUT2D eigenvalue weighted by Gasteiger charge is -2.09. The number of carbonyl (C=O) groups is 2. The molecule has 0 radical (unpaired) electrons. The summed E-state index contributed by atoms with van der Waals surface area (Å²) in [5, 5.41) is 16.0. The quantitative estimate of drug-likeness (QED) is 0.285. The third kappa shape index (κ3) is 5.38. The third-order valence-corrected chi connectivity index (χ3v) is 5.66. The molecule has 1 aromatic heterocycles. The standard InChI is InChI=1S/C27H27N3O4/c1-34-21-12-8-18(9-13-21)26-23(22-4-2-3-5-24(22)30-26)14-15-25(32)28-16-17-29-27(33)19-6-10-20(31)11-7-19/h2-13,30-31H,14-17H2,1H3,(H,28,32)(H,29,33). The van der Waals surface area contributed by atoms with Crippen molar-refractivity contribution in [1.29, 1.82) is 0 Å². The Labute approximate surface area is 197 Å². The Morgan fingerprint density at radius 2 is 1.62 bits per heavy atom. The molecule has 174 valence electrons. The number of carbonyl (C=O) groups excluding carboxylic acids is 2. The molecule has 0 aliphatic rings. The van der Waals surface area contributed by atoms with Gasteiger partial charge in [-0.1, -0.05) is 18.2 Å². The van der Waals surface area contributed by atoms with E-state index in [2.05, 4.69) is 21.7 Å². The van der Waals surface area contributed by atoms with Crippen molar-refractivity contribution in [2.24, 2.45) is 0 Å². The van der Waals surface area contributed by atoms with E-state index in [1.54, 1.807) is 19.2 Å². The van der Waals surface area contributed by atoms with Crippen molar-refractivity contribution in [3.8, 4) is 22.8 Å². The Kier molecular flexibility index (Phi) is 7.13. The molecule has 34 heavy (non-hydrogen) atoms. The van der Waals surface area contributed by atoms with Gasteiger partial charge in [0.2, 0.25) is 5.91 Å². The molecule has 0 bridgehead atoms. The van der Waals surface area contributed by atoms with Gasteiger partial charge in [-0.05, 0) is 72.1 Å². The highest BCUT2D eigenvalue weighted by atomic mass is 16.5. The second-order valence-corrected chi connectivity index (χ2v) is 7.91. The minimum Gasteiger partial charge on any atom is -0.508 e. The molecule has 0 saturated heterocycles. The van der Waals surface area contributed by atoms with Crippen LogP contribution >= 0.6 is 0 Å². The number of nitrogens with one attached hydrogen (secondary N) is 3. The fourth-order valence-corrected chi connectivity index (χ4v) is 3.88. The van der Waals surface area contributed by atoms with E-state index < -0.39 is 0 Å². The third-order valence-electron chi connectivity index (χ3n) is 5.66. The lowest BCUT2D eigenvalue weighted by Crippen LogP contribution is -2.34. The zero-order chi connectivity index (χ0) is 23.9. The molecular weight excluding hydrogens is 430 g/mol. The number of rotatable bonds is 9. The number of methoxy groups -OCH3 is 1. The summed E-state index contributed by atoms with van der Waals surface area (Å²) in [6, 6.07) is 21.9. The Balaban J connectivity index is 1.34. The zero-order valence-corrected chi connectivity index (χ0v) is 18.9. The molecule has 0 spiro atoms. The number of benzene rings is 3. The number of fused-ring (bicyclic) bond motifs is 1. The second-order valence-electron chi connectivity index (χ2n) is 7.91. The summed E-state index contributed by atoms with van der Waals surface area (Å²) < 4.78 is 5.27. The van der Waals surface area contributed by atoms with Crippen molar-refractivity contribution in [2.75, 3.05) is 20.2 Å². The van der Waals surface area contributed by atoms with E-state index in [9.17, 15) is 14.7 Å². The van der Waals surface area contributed by atoms with Gasteiger partial charge >= 0.3 is 0 Å². The number of phenols is 1. The topological polar surface area (TPSA) is 103 Å². The molecular formula is C27H27N3O4. The average molecular weight is 458 g/mol. The molecule has 0 atom stereocenters.